The van der Waals surface area contributed by atoms with Crippen LogP contribution in [-0.2, 0) is 11.3 Å². The lowest BCUT2D eigenvalue weighted by Gasteiger charge is -2.10. The van der Waals surface area contributed by atoms with Crippen LogP contribution in [0.2, 0.25) is 5.02 Å². The number of hydrogen-bond acceptors (Lipinski definition) is 5. The van der Waals surface area contributed by atoms with E-state index in [9.17, 15) is 18.4 Å². The summed E-state index contributed by atoms with van der Waals surface area (Å²) in [5, 5.41) is 5.01. The van der Waals surface area contributed by atoms with E-state index < -0.39 is 6.43 Å². The number of nitrogens with two attached hydrogens (primary N) is 1. The van der Waals surface area contributed by atoms with Gasteiger partial charge in [0.25, 0.3) is 17.6 Å². The van der Waals surface area contributed by atoms with Crippen LogP contribution < -0.4 is 5.73 Å². The summed E-state index contributed by atoms with van der Waals surface area (Å²) in [5.41, 5.74) is 7.24. The molecule has 2 N–H and O–H groups in total. The highest BCUT2D eigenvalue weighted by atomic mass is 35.5. The minimum Gasteiger partial charge on any atom is -0.329 e. The van der Waals surface area contributed by atoms with Crippen molar-refractivity contribution in [1.29, 1.82) is 0 Å². The average Bonchev–Trinajstić information content (AvgIpc) is 3.25. The third kappa shape index (κ3) is 4.34. The minimum absolute atomic E-state index is 0.124. The SMILES string of the molecule is NCCN1C(=O)SC(=Cc2ccc3c(cnn3Cc3ccc(Cl)cc3C(F)F)c2)C1=O. The molecular weight excluding hydrogens is 446 g/mol. The molecule has 0 atom stereocenters. The maximum absolute atomic E-state index is 13.4. The fourth-order valence-electron chi connectivity index (χ4n) is 3.37. The molecule has 31 heavy (non-hydrogen) atoms. The molecule has 160 valence electrons. The number of amides is 2. The number of carbonyl (C=O) groups is 2. The molecule has 0 radical (unpaired) electrons. The van der Waals surface area contributed by atoms with Gasteiger partial charge in [0, 0.05) is 29.1 Å². The zero-order valence-corrected chi connectivity index (χ0v) is 17.7. The molecule has 1 fully saturated rings. The summed E-state index contributed by atoms with van der Waals surface area (Å²) in [6.07, 6.45) is 0.633. The van der Waals surface area contributed by atoms with Crippen LogP contribution in [0.25, 0.3) is 17.0 Å². The largest absolute Gasteiger partial charge is 0.329 e. The molecule has 2 aromatic carbocycles. The summed E-state index contributed by atoms with van der Waals surface area (Å²) >= 11 is 6.73. The van der Waals surface area contributed by atoms with Crippen molar-refractivity contribution in [3.05, 3.63) is 69.2 Å². The number of hydrogen-bond donors (Lipinski definition) is 1. The molecule has 3 aromatic rings. The van der Waals surface area contributed by atoms with E-state index in [0.717, 1.165) is 33.1 Å². The number of thioether (sulfide) groups is 1. The molecule has 1 aliphatic heterocycles. The highest BCUT2D eigenvalue weighted by Gasteiger charge is 2.34. The van der Waals surface area contributed by atoms with E-state index in [1.54, 1.807) is 41.2 Å². The van der Waals surface area contributed by atoms with Crippen molar-refractivity contribution < 1.29 is 18.4 Å². The first-order chi connectivity index (χ1) is 14.9. The monoisotopic (exact) mass is 462 g/mol. The number of halogens is 3. The second-order valence-corrected chi connectivity index (χ2v) is 8.32. The zero-order chi connectivity index (χ0) is 22.1. The summed E-state index contributed by atoms with van der Waals surface area (Å²) in [7, 11) is 0. The Bertz CT molecular complexity index is 1210. The number of alkyl halides is 2. The Hall–Kier alpha value is -2.75. The van der Waals surface area contributed by atoms with Gasteiger partial charge in [-0.15, -0.1) is 0 Å². The van der Waals surface area contributed by atoms with Crippen molar-refractivity contribution >= 4 is 51.5 Å². The van der Waals surface area contributed by atoms with Crippen LogP contribution in [0.1, 0.15) is 23.1 Å². The van der Waals surface area contributed by atoms with Gasteiger partial charge in [0.1, 0.15) is 0 Å². The van der Waals surface area contributed by atoms with Crippen molar-refractivity contribution in [2.75, 3.05) is 13.1 Å². The normalized spacial score (nSPS) is 15.8. The molecule has 0 spiro atoms. The van der Waals surface area contributed by atoms with Gasteiger partial charge in [0.2, 0.25) is 0 Å². The van der Waals surface area contributed by atoms with Crippen LogP contribution in [-0.4, -0.2) is 38.9 Å². The molecule has 0 bridgehead atoms. The van der Waals surface area contributed by atoms with Crippen molar-refractivity contribution in [3.8, 4) is 0 Å². The first-order valence-corrected chi connectivity index (χ1v) is 10.5. The van der Waals surface area contributed by atoms with Gasteiger partial charge < -0.3 is 5.73 Å². The second-order valence-electron chi connectivity index (χ2n) is 6.89. The molecule has 0 unspecified atom stereocenters. The first-order valence-electron chi connectivity index (χ1n) is 9.35. The van der Waals surface area contributed by atoms with Crippen LogP contribution in [0.5, 0.6) is 0 Å². The van der Waals surface area contributed by atoms with Gasteiger partial charge >= 0.3 is 0 Å². The number of imide groups is 1. The Morgan fingerprint density at radius 3 is 2.74 bits per heavy atom. The van der Waals surface area contributed by atoms with Gasteiger partial charge in [0.05, 0.1) is 23.2 Å². The molecule has 2 amide bonds. The third-order valence-corrected chi connectivity index (χ3v) is 6.00. The second kappa shape index (κ2) is 8.78. The summed E-state index contributed by atoms with van der Waals surface area (Å²) in [5.74, 6) is -0.362. The summed E-state index contributed by atoms with van der Waals surface area (Å²) in [6.45, 7) is 0.550. The average molecular weight is 463 g/mol. The number of carbonyl (C=O) groups excluding carboxylic acids is 2. The molecule has 0 aliphatic carbocycles. The highest BCUT2D eigenvalue weighted by Crippen LogP contribution is 2.32. The fraction of sp³-hybridized carbons (Fsp3) is 0.190. The zero-order valence-electron chi connectivity index (χ0n) is 16.1. The Morgan fingerprint density at radius 1 is 1.19 bits per heavy atom. The molecule has 4 rings (SSSR count). The molecule has 0 saturated carbocycles. The number of rotatable bonds is 6. The van der Waals surface area contributed by atoms with Crippen molar-refractivity contribution in [1.82, 2.24) is 14.7 Å². The molecule has 1 aromatic heterocycles. The van der Waals surface area contributed by atoms with Gasteiger partial charge in [-0.2, -0.15) is 5.10 Å². The quantitative estimate of drug-likeness (QED) is 0.538. The predicted molar refractivity (Wildman–Crippen MR) is 117 cm³/mol. The van der Waals surface area contributed by atoms with Gasteiger partial charge in [-0.3, -0.25) is 19.2 Å². The van der Waals surface area contributed by atoms with Crippen LogP contribution in [0, 0.1) is 0 Å². The van der Waals surface area contributed by atoms with E-state index in [1.165, 1.54) is 6.07 Å². The topological polar surface area (TPSA) is 81.2 Å². The highest BCUT2D eigenvalue weighted by molar-refractivity contribution is 8.18. The summed E-state index contributed by atoms with van der Waals surface area (Å²) in [4.78, 5) is 25.8. The van der Waals surface area contributed by atoms with Crippen molar-refractivity contribution in [3.63, 3.8) is 0 Å². The number of benzene rings is 2. The molecule has 6 nitrogen and oxygen atoms in total. The van der Waals surface area contributed by atoms with E-state index >= 15 is 0 Å². The van der Waals surface area contributed by atoms with E-state index in [0.29, 0.717) is 10.5 Å². The standard InChI is InChI=1S/C21H17ClF2N4O2S/c22-15-3-2-13(16(9-15)19(23)24)11-28-17-4-1-12(7-14(17)10-26-28)8-18-20(29)27(6-5-25)21(30)31-18/h1-4,7-10,19H,5-6,11,25H2. The summed E-state index contributed by atoms with van der Waals surface area (Å²) < 4.78 is 28.4. The van der Waals surface area contributed by atoms with Crippen LogP contribution in [0.15, 0.2) is 47.5 Å². The van der Waals surface area contributed by atoms with E-state index in [4.69, 9.17) is 17.3 Å². The van der Waals surface area contributed by atoms with Gasteiger partial charge in [0.15, 0.2) is 0 Å². The van der Waals surface area contributed by atoms with Crippen LogP contribution in [0.3, 0.4) is 0 Å². The molecular formula is C21H17ClF2N4O2S. The lowest BCUT2D eigenvalue weighted by Crippen LogP contribution is -2.33. The fourth-order valence-corrected chi connectivity index (χ4v) is 4.41. The lowest BCUT2D eigenvalue weighted by molar-refractivity contribution is -0.122. The molecule has 1 aliphatic rings. The lowest BCUT2D eigenvalue weighted by atomic mass is 10.1. The number of aromatic nitrogens is 2. The maximum atomic E-state index is 13.4. The van der Waals surface area contributed by atoms with E-state index in [2.05, 4.69) is 5.10 Å². The van der Waals surface area contributed by atoms with Crippen molar-refractivity contribution in [2.24, 2.45) is 5.73 Å². The molecule has 2 heterocycles. The summed E-state index contributed by atoms with van der Waals surface area (Å²) in [6, 6.07) is 9.83. The van der Waals surface area contributed by atoms with E-state index in [-0.39, 0.29) is 41.4 Å². The first kappa shape index (κ1) is 21.5. The van der Waals surface area contributed by atoms with Gasteiger partial charge in [-0.25, -0.2) is 8.78 Å². The van der Waals surface area contributed by atoms with Crippen molar-refractivity contribution in [2.45, 2.75) is 13.0 Å². The third-order valence-electron chi connectivity index (χ3n) is 4.85. The number of fused-ring (bicyclic) bond motifs is 1. The molecule has 1 saturated heterocycles. The smallest absolute Gasteiger partial charge is 0.293 e. The Labute approximate surface area is 185 Å². The Morgan fingerprint density at radius 2 is 2.00 bits per heavy atom. The molecule has 10 heteroatoms. The minimum atomic E-state index is -2.64. The van der Waals surface area contributed by atoms with Gasteiger partial charge in [-0.05, 0) is 53.2 Å². The van der Waals surface area contributed by atoms with Gasteiger partial charge in [-0.1, -0.05) is 23.7 Å². The Kier molecular flexibility index (Phi) is 6.08. The van der Waals surface area contributed by atoms with E-state index in [1.807, 2.05) is 6.07 Å². The van der Waals surface area contributed by atoms with Crippen LogP contribution in [0.4, 0.5) is 13.6 Å². The van der Waals surface area contributed by atoms with Crippen LogP contribution >= 0.6 is 23.4 Å². The predicted octanol–water partition coefficient (Wildman–Crippen LogP) is 4.67. The maximum Gasteiger partial charge on any atom is 0.293 e. The number of nitrogens with zero attached hydrogens (tertiary/aromatic N) is 3. The Balaban J connectivity index is 1.61.